The maximum atomic E-state index is 2.29. The fourth-order valence-corrected chi connectivity index (χ4v) is 5.46. The highest BCUT2D eigenvalue weighted by atomic mass is 32.2. The second kappa shape index (κ2) is 12.7. The summed E-state index contributed by atoms with van der Waals surface area (Å²) >= 11 is 4.41. The first-order valence-corrected chi connectivity index (χ1v) is 10.3. The topological polar surface area (TPSA) is 0 Å². The lowest BCUT2D eigenvalue weighted by Crippen LogP contribution is -2.06. The summed E-state index contributed by atoms with van der Waals surface area (Å²) in [5.41, 5.74) is 0. The molecule has 0 atom stereocenters. The lowest BCUT2D eigenvalue weighted by molar-refractivity contribution is 0.553. The molecule has 0 aliphatic carbocycles. The Morgan fingerprint density at radius 2 is 1.22 bits per heavy atom. The molecular weight excluding hydrogens is 256 g/mol. The summed E-state index contributed by atoms with van der Waals surface area (Å²) in [4.78, 5) is 0. The monoisotopic (exact) mass is 288 g/mol. The molecular formula is C16H32S2. The van der Waals surface area contributed by atoms with Crippen LogP contribution in [0.2, 0.25) is 0 Å². The van der Waals surface area contributed by atoms with Crippen LogP contribution >= 0.6 is 23.5 Å². The number of hydrogen-bond donors (Lipinski definition) is 0. The average Bonchev–Trinajstić information content (AvgIpc) is 2.42. The fraction of sp³-hybridized carbons (Fsp3) is 1.00. The minimum Gasteiger partial charge on any atom is -0.148 e. The van der Waals surface area contributed by atoms with Gasteiger partial charge in [-0.1, -0.05) is 71.1 Å². The largest absolute Gasteiger partial charge is 0.148 e. The molecule has 0 aromatic rings. The van der Waals surface area contributed by atoms with E-state index in [-0.39, 0.29) is 0 Å². The predicted octanol–water partition coefficient (Wildman–Crippen LogP) is 6.49. The van der Waals surface area contributed by atoms with Gasteiger partial charge >= 0.3 is 0 Å². The zero-order chi connectivity index (χ0) is 12.9. The highest BCUT2D eigenvalue weighted by Crippen LogP contribution is 2.34. The molecule has 0 nitrogen and oxygen atoms in total. The Labute approximate surface area is 123 Å². The van der Waals surface area contributed by atoms with E-state index >= 15 is 0 Å². The van der Waals surface area contributed by atoms with Gasteiger partial charge in [0.15, 0.2) is 0 Å². The van der Waals surface area contributed by atoms with Crippen molar-refractivity contribution < 1.29 is 0 Å². The highest BCUT2D eigenvalue weighted by molar-refractivity contribution is 8.17. The van der Waals surface area contributed by atoms with Gasteiger partial charge in [0.2, 0.25) is 0 Å². The third kappa shape index (κ3) is 9.61. The number of thioether (sulfide) groups is 2. The highest BCUT2D eigenvalue weighted by Gasteiger charge is 2.13. The number of hydrogen-bond acceptors (Lipinski definition) is 2. The lowest BCUT2D eigenvalue weighted by Gasteiger charge is -2.20. The summed E-state index contributed by atoms with van der Waals surface area (Å²) in [6.45, 7) is 2.29. The molecule has 1 saturated heterocycles. The van der Waals surface area contributed by atoms with Crippen molar-refractivity contribution in [1.82, 2.24) is 0 Å². The van der Waals surface area contributed by atoms with Crippen molar-refractivity contribution in [2.24, 2.45) is 0 Å². The smallest absolute Gasteiger partial charge is 0.0502 e. The summed E-state index contributed by atoms with van der Waals surface area (Å²) in [6.07, 6.45) is 17.5. The minimum absolute atomic E-state index is 0.938. The Hall–Kier alpha value is 0.700. The third-order valence-corrected chi connectivity index (χ3v) is 6.77. The Balaban J connectivity index is 1.73. The molecule has 2 heteroatoms. The van der Waals surface area contributed by atoms with Crippen LogP contribution in [0.4, 0.5) is 0 Å². The number of unbranched alkanes of at least 4 members (excludes halogenated alkanes) is 9. The average molecular weight is 289 g/mol. The first-order valence-electron chi connectivity index (χ1n) is 8.16. The molecule has 0 radical (unpaired) electrons. The van der Waals surface area contributed by atoms with Crippen LogP contribution in [-0.2, 0) is 0 Å². The van der Waals surface area contributed by atoms with Crippen LogP contribution in [0.25, 0.3) is 0 Å². The molecule has 18 heavy (non-hydrogen) atoms. The Morgan fingerprint density at radius 3 is 1.78 bits per heavy atom. The summed E-state index contributed by atoms with van der Waals surface area (Å²) in [7, 11) is 0. The molecule has 0 spiro atoms. The van der Waals surface area contributed by atoms with Gasteiger partial charge in [-0.25, -0.2) is 0 Å². The number of rotatable bonds is 11. The van der Waals surface area contributed by atoms with Gasteiger partial charge < -0.3 is 0 Å². The standard InChI is InChI=1S/C16H32S2/c1-2-3-4-5-6-7-8-9-10-11-13-16-17-14-12-15-18-16/h16H,2-15H2,1H3. The van der Waals surface area contributed by atoms with Gasteiger partial charge in [0.05, 0.1) is 4.58 Å². The van der Waals surface area contributed by atoms with E-state index in [1.165, 1.54) is 88.6 Å². The van der Waals surface area contributed by atoms with Crippen LogP contribution in [-0.4, -0.2) is 16.1 Å². The first-order chi connectivity index (χ1) is 8.93. The van der Waals surface area contributed by atoms with Gasteiger partial charge in [-0.3, -0.25) is 0 Å². The fourth-order valence-electron chi connectivity index (χ4n) is 2.50. The lowest BCUT2D eigenvalue weighted by atomic mass is 10.1. The van der Waals surface area contributed by atoms with E-state index in [4.69, 9.17) is 0 Å². The van der Waals surface area contributed by atoms with Crippen LogP contribution in [0.1, 0.15) is 84.0 Å². The zero-order valence-corrected chi connectivity index (χ0v) is 13.9. The van der Waals surface area contributed by atoms with Crippen molar-refractivity contribution in [2.45, 2.75) is 88.6 Å². The summed E-state index contributed by atoms with van der Waals surface area (Å²) < 4.78 is 0.938. The van der Waals surface area contributed by atoms with Crippen molar-refractivity contribution >= 4 is 23.5 Å². The summed E-state index contributed by atoms with van der Waals surface area (Å²) in [5.74, 6) is 2.82. The van der Waals surface area contributed by atoms with Gasteiger partial charge in [-0.2, -0.15) is 0 Å². The molecule has 108 valence electrons. The van der Waals surface area contributed by atoms with Crippen molar-refractivity contribution in [3.63, 3.8) is 0 Å². The van der Waals surface area contributed by atoms with Gasteiger partial charge in [0.1, 0.15) is 0 Å². The molecule has 0 aromatic heterocycles. The third-order valence-electron chi connectivity index (χ3n) is 3.69. The SMILES string of the molecule is CCCCCCCCCCCCC1SCCCS1. The van der Waals surface area contributed by atoms with Crippen molar-refractivity contribution in [2.75, 3.05) is 11.5 Å². The summed E-state index contributed by atoms with van der Waals surface area (Å²) in [6, 6.07) is 0. The van der Waals surface area contributed by atoms with Crippen LogP contribution < -0.4 is 0 Å². The predicted molar refractivity (Wildman–Crippen MR) is 89.8 cm³/mol. The van der Waals surface area contributed by atoms with E-state index in [1.807, 2.05) is 0 Å². The van der Waals surface area contributed by atoms with E-state index in [2.05, 4.69) is 30.4 Å². The van der Waals surface area contributed by atoms with Gasteiger partial charge in [-0.05, 0) is 24.3 Å². The Morgan fingerprint density at radius 1 is 0.722 bits per heavy atom. The maximum absolute atomic E-state index is 2.29. The van der Waals surface area contributed by atoms with Crippen molar-refractivity contribution in [3.8, 4) is 0 Å². The van der Waals surface area contributed by atoms with Gasteiger partial charge in [0.25, 0.3) is 0 Å². The van der Waals surface area contributed by atoms with Gasteiger partial charge in [0, 0.05) is 0 Å². The van der Waals surface area contributed by atoms with Crippen LogP contribution in [0.5, 0.6) is 0 Å². The zero-order valence-electron chi connectivity index (χ0n) is 12.3. The van der Waals surface area contributed by atoms with Crippen LogP contribution in [0.3, 0.4) is 0 Å². The molecule has 0 unspecified atom stereocenters. The quantitative estimate of drug-likeness (QED) is 0.398. The minimum atomic E-state index is 0.938. The molecule has 0 amide bonds. The maximum Gasteiger partial charge on any atom is 0.0502 e. The van der Waals surface area contributed by atoms with Crippen molar-refractivity contribution in [3.05, 3.63) is 0 Å². The van der Waals surface area contributed by atoms with E-state index in [0.29, 0.717) is 0 Å². The molecule has 1 aliphatic rings. The Kier molecular flexibility index (Phi) is 11.8. The molecule has 1 rings (SSSR count). The molecule has 0 bridgehead atoms. The van der Waals surface area contributed by atoms with E-state index in [9.17, 15) is 0 Å². The molecule has 0 aromatic carbocycles. The summed E-state index contributed by atoms with van der Waals surface area (Å²) in [5, 5.41) is 0. The normalized spacial score (nSPS) is 17.2. The second-order valence-electron chi connectivity index (χ2n) is 5.50. The van der Waals surface area contributed by atoms with Crippen LogP contribution in [0.15, 0.2) is 0 Å². The van der Waals surface area contributed by atoms with Crippen molar-refractivity contribution in [1.29, 1.82) is 0 Å². The van der Waals surface area contributed by atoms with E-state index in [0.717, 1.165) is 4.58 Å². The van der Waals surface area contributed by atoms with Gasteiger partial charge in [-0.15, -0.1) is 23.5 Å². The Bertz CT molecular complexity index is 164. The molecule has 1 heterocycles. The van der Waals surface area contributed by atoms with E-state index in [1.54, 1.807) is 0 Å². The first kappa shape index (κ1) is 16.8. The molecule has 0 saturated carbocycles. The van der Waals surface area contributed by atoms with Crippen LogP contribution in [0, 0.1) is 0 Å². The molecule has 1 aliphatic heterocycles. The van der Waals surface area contributed by atoms with E-state index < -0.39 is 0 Å². The second-order valence-corrected chi connectivity index (χ2v) is 8.41. The molecule has 1 fully saturated rings. The molecule has 0 N–H and O–H groups in total.